The van der Waals surface area contributed by atoms with Crippen molar-refractivity contribution in [1.29, 1.82) is 0 Å². The molecule has 0 saturated carbocycles. The smallest absolute Gasteiger partial charge is 0.409 e. The van der Waals surface area contributed by atoms with E-state index >= 15 is 0 Å². The maximum absolute atomic E-state index is 12.8. The third kappa shape index (κ3) is 5.95. The van der Waals surface area contributed by atoms with Crippen molar-refractivity contribution >= 4 is 52.3 Å². The van der Waals surface area contributed by atoms with Crippen LogP contribution in [0.3, 0.4) is 0 Å². The first kappa shape index (κ1) is 23.0. The Labute approximate surface area is 191 Å². The molecule has 0 aliphatic carbocycles. The summed E-state index contributed by atoms with van der Waals surface area (Å²) in [6.45, 7) is 5.53. The minimum atomic E-state index is -0.365. The van der Waals surface area contributed by atoms with E-state index in [1.54, 1.807) is 22.8 Å². The number of piperazine rings is 1. The van der Waals surface area contributed by atoms with E-state index in [-0.39, 0.29) is 24.5 Å². The van der Waals surface area contributed by atoms with Crippen molar-refractivity contribution in [2.24, 2.45) is 0 Å². The maximum Gasteiger partial charge on any atom is 0.409 e. The number of carbonyl (C=O) groups is 3. The van der Waals surface area contributed by atoms with Crippen LogP contribution in [0.2, 0.25) is 0 Å². The van der Waals surface area contributed by atoms with E-state index < -0.39 is 0 Å². The molecule has 164 valence electrons. The molecule has 2 saturated heterocycles. The molecule has 2 aliphatic rings. The molecule has 2 aliphatic heterocycles. The number of allylic oxidation sites excluding steroid dienone is 2. The fourth-order valence-corrected chi connectivity index (χ4v) is 4.59. The maximum atomic E-state index is 12.8. The van der Waals surface area contributed by atoms with Crippen LogP contribution >= 0.6 is 24.0 Å². The predicted molar refractivity (Wildman–Crippen MR) is 125 cm³/mol. The predicted octanol–water partition coefficient (Wildman–Crippen LogP) is 3.13. The van der Waals surface area contributed by atoms with E-state index in [0.29, 0.717) is 42.0 Å². The van der Waals surface area contributed by atoms with Gasteiger partial charge in [-0.1, -0.05) is 60.4 Å². The Morgan fingerprint density at radius 3 is 2.42 bits per heavy atom. The lowest BCUT2D eigenvalue weighted by Crippen LogP contribution is -2.53. The van der Waals surface area contributed by atoms with Crippen LogP contribution in [0.1, 0.15) is 19.4 Å². The molecule has 0 N–H and O–H groups in total. The second-order valence-electron chi connectivity index (χ2n) is 7.13. The van der Waals surface area contributed by atoms with Gasteiger partial charge in [-0.25, -0.2) is 4.79 Å². The Balaban J connectivity index is 1.58. The average Bonchev–Trinajstić information content (AvgIpc) is 3.01. The Bertz CT molecular complexity index is 922. The fraction of sp³-hybridized carbons (Fsp3) is 0.364. The molecule has 9 heteroatoms. The molecule has 0 atom stereocenters. The van der Waals surface area contributed by atoms with Gasteiger partial charge in [0, 0.05) is 26.2 Å². The number of benzene rings is 1. The molecule has 2 heterocycles. The molecule has 0 unspecified atom stereocenters. The van der Waals surface area contributed by atoms with Crippen LogP contribution in [-0.4, -0.2) is 76.3 Å². The number of rotatable bonds is 5. The molecular weight excluding hydrogens is 434 g/mol. The zero-order valence-corrected chi connectivity index (χ0v) is 19.2. The van der Waals surface area contributed by atoms with Crippen LogP contribution in [0.15, 0.2) is 46.9 Å². The third-order valence-corrected chi connectivity index (χ3v) is 6.26. The van der Waals surface area contributed by atoms with Gasteiger partial charge in [-0.05, 0) is 31.1 Å². The highest BCUT2D eigenvalue weighted by molar-refractivity contribution is 8.26. The summed E-state index contributed by atoms with van der Waals surface area (Å²) in [6, 6.07) is 9.84. The first-order valence-corrected chi connectivity index (χ1v) is 11.3. The van der Waals surface area contributed by atoms with E-state index in [2.05, 4.69) is 0 Å². The standard InChI is InChI=1S/C22H25N3O4S2/c1-3-29-21(28)24-11-9-23(10-12-24)19(26)15-25-20(27)18(31-22(25)30)14-16(2)13-17-7-5-4-6-8-17/h4-8,13-14H,3,9-12,15H2,1-2H3/b16-13-,18-14+. The molecule has 3 rings (SSSR count). The topological polar surface area (TPSA) is 70.2 Å². The second kappa shape index (κ2) is 10.6. The number of thiocarbonyl (C=S) groups is 1. The van der Waals surface area contributed by atoms with E-state index in [9.17, 15) is 14.4 Å². The van der Waals surface area contributed by atoms with Gasteiger partial charge in [0.2, 0.25) is 5.91 Å². The summed E-state index contributed by atoms with van der Waals surface area (Å²) >= 11 is 6.55. The van der Waals surface area contributed by atoms with Gasteiger partial charge in [-0.2, -0.15) is 0 Å². The summed E-state index contributed by atoms with van der Waals surface area (Å²) in [5.41, 5.74) is 1.97. The highest BCUT2D eigenvalue weighted by Crippen LogP contribution is 2.32. The van der Waals surface area contributed by atoms with Crippen molar-refractivity contribution in [2.45, 2.75) is 13.8 Å². The Hall–Kier alpha value is -2.65. The number of nitrogens with zero attached hydrogens (tertiary/aromatic N) is 3. The summed E-state index contributed by atoms with van der Waals surface area (Å²) in [5.74, 6) is -0.438. The lowest BCUT2D eigenvalue weighted by Gasteiger charge is -2.34. The number of thioether (sulfide) groups is 1. The molecule has 3 amide bonds. The molecule has 1 aromatic carbocycles. The molecule has 1 aromatic rings. The van der Waals surface area contributed by atoms with Gasteiger partial charge in [-0.15, -0.1) is 0 Å². The first-order valence-electron chi connectivity index (χ1n) is 10.1. The lowest BCUT2D eigenvalue weighted by atomic mass is 10.1. The highest BCUT2D eigenvalue weighted by atomic mass is 32.2. The quantitative estimate of drug-likeness (QED) is 0.498. The van der Waals surface area contributed by atoms with Gasteiger partial charge in [0.05, 0.1) is 11.5 Å². The van der Waals surface area contributed by atoms with E-state index in [4.69, 9.17) is 17.0 Å². The average molecular weight is 460 g/mol. The SMILES string of the molecule is CCOC(=O)N1CCN(C(=O)CN2C(=O)/C(=C\C(C)=C/c3ccccc3)SC2=S)CC1. The summed E-state index contributed by atoms with van der Waals surface area (Å²) in [6.07, 6.45) is 3.42. The van der Waals surface area contributed by atoms with Crippen molar-refractivity contribution in [3.05, 3.63) is 52.4 Å². The van der Waals surface area contributed by atoms with Gasteiger partial charge < -0.3 is 14.5 Å². The van der Waals surface area contributed by atoms with Gasteiger partial charge in [0.1, 0.15) is 10.9 Å². The van der Waals surface area contributed by atoms with Crippen molar-refractivity contribution in [2.75, 3.05) is 39.3 Å². The number of hydrogen-bond acceptors (Lipinski definition) is 6. The summed E-state index contributed by atoms with van der Waals surface area (Å²) < 4.78 is 5.37. The van der Waals surface area contributed by atoms with Crippen LogP contribution in [0.5, 0.6) is 0 Å². The summed E-state index contributed by atoms with van der Waals surface area (Å²) in [4.78, 5) is 42.4. The number of amides is 3. The largest absolute Gasteiger partial charge is 0.450 e. The second-order valence-corrected chi connectivity index (χ2v) is 8.81. The first-order chi connectivity index (χ1) is 14.9. The minimum absolute atomic E-state index is 0.0944. The number of carbonyl (C=O) groups excluding carboxylic acids is 3. The minimum Gasteiger partial charge on any atom is -0.450 e. The van der Waals surface area contributed by atoms with Crippen LogP contribution in [-0.2, 0) is 14.3 Å². The van der Waals surface area contributed by atoms with Crippen LogP contribution in [0.4, 0.5) is 4.79 Å². The van der Waals surface area contributed by atoms with Gasteiger partial charge in [0.15, 0.2) is 0 Å². The normalized spacial score (nSPS) is 18.7. The molecular formula is C22H25N3O4S2. The Morgan fingerprint density at radius 2 is 1.77 bits per heavy atom. The molecule has 31 heavy (non-hydrogen) atoms. The molecule has 0 aromatic heterocycles. The molecule has 0 radical (unpaired) electrons. The van der Waals surface area contributed by atoms with Crippen molar-refractivity contribution < 1.29 is 19.1 Å². The Kier molecular flexibility index (Phi) is 7.86. The van der Waals surface area contributed by atoms with Crippen molar-refractivity contribution in [3.8, 4) is 0 Å². The van der Waals surface area contributed by atoms with E-state index in [1.807, 2.05) is 43.3 Å². The monoisotopic (exact) mass is 459 g/mol. The number of ether oxygens (including phenoxy) is 1. The van der Waals surface area contributed by atoms with Gasteiger partial charge in [0.25, 0.3) is 5.91 Å². The lowest BCUT2D eigenvalue weighted by molar-refractivity contribution is -0.136. The number of hydrogen-bond donors (Lipinski definition) is 0. The fourth-order valence-electron chi connectivity index (χ4n) is 3.29. The van der Waals surface area contributed by atoms with E-state index in [1.165, 1.54) is 16.7 Å². The highest BCUT2D eigenvalue weighted by Gasteiger charge is 2.35. The van der Waals surface area contributed by atoms with Crippen LogP contribution in [0, 0.1) is 0 Å². The van der Waals surface area contributed by atoms with E-state index in [0.717, 1.165) is 11.1 Å². The van der Waals surface area contributed by atoms with Crippen molar-refractivity contribution in [1.82, 2.24) is 14.7 Å². The van der Waals surface area contributed by atoms with Gasteiger partial charge >= 0.3 is 6.09 Å². The van der Waals surface area contributed by atoms with Gasteiger partial charge in [-0.3, -0.25) is 14.5 Å². The molecule has 7 nitrogen and oxygen atoms in total. The molecule has 0 bridgehead atoms. The zero-order chi connectivity index (χ0) is 22.4. The third-order valence-electron chi connectivity index (χ3n) is 4.88. The molecule has 2 fully saturated rings. The summed E-state index contributed by atoms with van der Waals surface area (Å²) in [5, 5.41) is 0. The Morgan fingerprint density at radius 1 is 1.13 bits per heavy atom. The van der Waals surface area contributed by atoms with Crippen LogP contribution in [0.25, 0.3) is 6.08 Å². The van der Waals surface area contributed by atoms with Crippen molar-refractivity contribution in [3.63, 3.8) is 0 Å². The summed E-state index contributed by atoms with van der Waals surface area (Å²) in [7, 11) is 0. The molecule has 0 spiro atoms. The zero-order valence-electron chi connectivity index (χ0n) is 17.6. The van der Waals surface area contributed by atoms with Crippen LogP contribution < -0.4 is 0 Å².